The van der Waals surface area contributed by atoms with Gasteiger partial charge in [0.15, 0.2) is 5.84 Å². The Hall–Kier alpha value is -2.88. The fraction of sp³-hybridized carbons (Fsp3) is 0.0909. The van der Waals surface area contributed by atoms with Gasteiger partial charge < -0.3 is 11.1 Å². The molecule has 90 valence electrons. The fourth-order valence-electron chi connectivity index (χ4n) is 1.63. The molecule has 0 saturated heterocycles. The molecule has 0 aromatic heterocycles. The number of nitriles is 1. The van der Waals surface area contributed by atoms with Gasteiger partial charge in [-0.05, 0) is 11.6 Å². The number of carbonyl (C=O) groups excluding carboxylic acids is 1. The van der Waals surface area contributed by atoms with Crippen LogP contribution in [0.5, 0.6) is 0 Å². The van der Waals surface area contributed by atoms with Crippen LogP contribution >= 0.6 is 0 Å². The number of carbonyl (C=O) groups is 1. The van der Waals surface area contributed by atoms with E-state index in [9.17, 15) is 4.79 Å². The summed E-state index contributed by atoms with van der Waals surface area (Å²) >= 11 is 0. The highest BCUT2D eigenvalue weighted by Gasteiger charge is 2.21. The lowest BCUT2D eigenvalue weighted by atomic mass is 10.1. The van der Waals surface area contributed by atoms with E-state index in [1.54, 1.807) is 18.2 Å². The van der Waals surface area contributed by atoms with Crippen molar-refractivity contribution in [3.8, 4) is 6.07 Å². The number of anilines is 1. The van der Waals surface area contributed by atoms with Gasteiger partial charge in [0.25, 0.3) is 5.91 Å². The van der Waals surface area contributed by atoms with Crippen LogP contribution < -0.4 is 16.5 Å². The first-order chi connectivity index (χ1) is 8.63. The number of hydrogen-bond donors (Lipinski definition) is 4. The Morgan fingerprint density at radius 1 is 1.61 bits per heavy atom. The van der Waals surface area contributed by atoms with Gasteiger partial charge in [-0.3, -0.25) is 15.6 Å². The van der Waals surface area contributed by atoms with E-state index in [0.717, 1.165) is 5.56 Å². The van der Waals surface area contributed by atoms with Gasteiger partial charge in [0, 0.05) is 6.54 Å². The summed E-state index contributed by atoms with van der Waals surface area (Å²) in [5, 5.41) is 22.2. The minimum Gasteiger partial charge on any atom is -0.382 e. The van der Waals surface area contributed by atoms with E-state index in [-0.39, 0.29) is 11.6 Å². The van der Waals surface area contributed by atoms with E-state index in [2.05, 4.69) is 15.8 Å². The van der Waals surface area contributed by atoms with Gasteiger partial charge in [-0.1, -0.05) is 12.1 Å². The number of nitrogens with zero attached hydrogens (tertiary/aromatic N) is 2. The maximum Gasteiger partial charge on any atom is 0.254 e. The van der Waals surface area contributed by atoms with Crippen molar-refractivity contribution in [2.24, 2.45) is 10.8 Å². The fourth-order valence-corrected chi connectivity index (χ4v) is 1.63. The molecule has 2 rings (SSSR count). The van der Waals surface area contributed by atoms with Gasteiger partial charge in [-0.25, -0.2) is 0 Å². The van der Waals surface area contributed by atoms with Gasteiger partial charge in [-0.15, -0.1) is 0 Å². The SMILES string of the molecule is N#C/C(=N\Nc1cccc2c1C(=O)NC2)C(=N)N. The highest BCUT2D eigenvalue weighted by atomic mass is 16.1. The Morgan fingerprint density at radius 2 is 2.39 bits per heavy atom. The standard InChI is InChI=1S/C11H10N6O/c12-4-8(10(13)14)17-16-7-3-1-2-6-5-15-11(18)9(6)7/h1-3,16H,5H2,(H3,13,14)(H,15,18)/b17-8+. The third-order valence-corrected chi connectivity index (χ3v) is 2.47. The van der Waals surface area contributed by atoms with Crippen LogP contribution in [-0.4, -0.2) is 17.5 Å². The van der Waals surface area contributed by atoms with Gasteiger partial charge >= 0.3 is 0 Å². The summed E-state index contributed by atoms with van der Waals surface area (Å²) in [6.07, 6.45) is 0. The number of hydrogen-bond acceptors (Lipinski definition) is 5. The summed E-state index contributed by atoms with van der Waals surface area (Å²) < 4.78 is 0. The molecule has 0 spiro atoms. The Kier molecular flexibility index (Phi) is 2.93. The first-order valence-electron chi connectivity index (χ1n) is 5.11. The van der Waals surface area contributed by atoms with E-state index in [1.165, 1.54) is 0 Å². The van der Waals surface area contributed by atoms with Crippen LogP contribution in [0.15, 0.2) is 23.3 Å². The van der Waals surface area contributed by atoms with E-state index in [1.807, 2.05) is 6.07 Å². The van der Waals surface area contributed by atoms with Gasteiger partial charge in [0.2, 0.25) is 5.71 Å². The highest BCUT2D eigenvalue weighted by Crippen LogP contribution is 2.24. The van der Waals surface area contributed by atoms with E-state index >= 15 is 0 Å². The smallest absolute Gasteiger partial charge is 0.254 e. The third kappa shape index (κ3) is 1.99. The first kappa shape index (κ1) is 11.6. The normalized spacial score (nSPS) is 13.5. The molecule has 0 radical (unpaired) electrons. The molecular weight excluding hydrogens is 232 g/mol. The summed E-state index contributed by atoms with van der Waals surface area (Å²) in [7, 11) is 0. The topological polar surface area (TPSA) is 127 Å². The van der Waals surface area contributed by atoms with Gasteiger partial charge in [0.1, 0.15) is 6.07 Å². The second-order valence-corrected chi connectivity index (χ2v) is 3.62. The van der Waals surface area contributed by atoms with Crippen LogP contribution in [0, 0.1) is 16.7 Å². The molecule has 0 fully saturated rings. The quantitative estimate of drug-likeness (QED) is 0.342. The van der Waals surface area contributed by atoms with Crippen molar-refractivity contribution in [1.82, 2.24) is 5.32 Å². The van der Waals surface area contributed by atoms with Gasteiger partial charge in [0.05, 0.1) is 11.3 Å². The summed E-state index contributed by atoms with van der Waals surface area (Å²) in [5.74, 6) is -0.619. The monoisotopic (exact) mass is 242 g/mol. The second-order valence-electron chi connectivity index (χ2n) is 3.62. The van der Waals surface area contributed by atoms with Gasteiger partial charge in [-0.2, -0.15) is 10.4 Å². The molecule has 7 nitrogen and oxygen atoms in total. The molecule has 0 atom stereocenters. The number of rotatable bonds is 3. The molecular formula is C11H10N6O. The predicted molar refractivity (Wildman–Crippen MR) is 66.2 cm³/mol. The van der Waals surface area contributed by atoms with Crippen LogP contribution in [0.4, 0.5) is 5.69 Å². The minimum atomic E-state index is -0.429. The van der Waals surface area contributed by atoms with E-state index < -0.39 is 5.84 Å². The number of benzene rings is 1. The lowest BCUT2D eigenvalue weighted by Crippen LogP contribution is -2.22. The van der Waals surface area contributed by atoms with Crippen LogP contribution in [0.1, 0.15) is 15.9 Å². The van der Waals surface area contributed by atoms with Crippen molar-refractivity contribution >= 4 is 23.1 Å². The molecule has 0 bridgehead atoms. The number of nitrogens with two attached hydrogens (primary N) is 1. The van der Waals surface area contributed by atoms with Crippen LogP contribution in [0.3, 0.4) is 0 Å². The molecule has 0 unspecified atom stereocenters. The zero-order valence-electron chi connectivity index (χ0n) is 9.32. The Labute approximate surface area is 103 Å². The molecule has 18 heavy (non-hydrogen) atoms. The molecule has 1 aliphatic rings. The van der Waals surface area contributed by atoms with Crippen molar-refractivity contribution in [3.05, 3.63) is 29.3 Å². The lowest BCUT2D eigenvalue weighted by Gasteiger charge is -2.05. The van der Waals surface area contributed by atoms with Crippen LogP contribution in [0.25, 0.3) is 0 Å². The van der Waals surface area contributed by atoms with Crippen molar-refractivity contribution in [2.45, 2.75) is 6.54 Å². The minimum absolute atomic E-state index is 0.190. The number of amides is 1. The zero-order chi connectivity index (χ0) is 13.1. The van der Waals surface area contributed by atoms with Crippen LogP contribution in [0.2, 0.25) is 0 Å². The molecule has 1 aromatic carbocycles. The van der Waals surface area contributed by atoms with Crippen molar-refractivity contribution in [1.29, 1.82) is 10.7 Å². The third-order valence-electron chi connectivity index (χ3n) is 2.47. The molecule has 0 saturated carbocycles. The van der Waals surface area contributed by atoms with E-state index in [0.29, 0.717) is 17.8 Å². The molecule has 1 aliphatic heterocycles. The number of nitrogens with one attached hydrogen (secondary N) is 3. The maximum absolute atomic E-state index is 11.6. The van der Waals surface area contributed by atoms with Crippen molar-refractivity contribution in [2.75, 3.05) is 5.43 Å². The molecule has 1 aromatic rings. The van der Waals surface area contributed by atoms with E-state index in [4.69, 9.17) is 16.4 Å². The molecule has 7 heteroatoms. The van der Waals surface area contributed by atoms with Crippen molar-refractivity contribution < 1.29 is 4.79 Å². The summed E-state index contributed by atoms with van der Waals surface area (Å²) in [6, 6.07) is 6.96. The predicted octanol–water partition coefficient (Wildman–Crippen LogP) is 0.157. The summed E-state index contributed by atoms with van der Waals surface area (Å²) in [4.78, 5) is 11.6. The summed E-state index contributed by atoms with van der Waals surface area (Å²) in [6.45, 7) is 0.477. The molecule has 1 heterocycles. The Morgan fingerprint density at radius 3 is 3.06 bits per heavy atom. The Balaban J connectivity index is 2.32. The maximum atomic E-state index is 11.6. The molecule has 1 amide bonds. The molecule has 0 aliphatic carbocycles. The summed E-state index contributed by atoms with van der Waals surface area (Å²) in [5.41, 5.74) is 9.37. The number of hydrazone groups is 1. The second kappa shape index (κ2) is 4.55. The average molecular weight is 242 g/mol. The molecule has 5 N–H and O–H groups in total. The van der Waals surface area contributed by atoms with Crippen molar-refractivity contribution in [3.63, 3.8) is 0 Å². The number of fused-ring (bicyclic) bond motifs is 1. The largest absolute Gasteiger partial charge is 0.382 e. The van der Waals surface area contributed by atoms with Crippen LogP contribution in [-0.2, 0) is 6.54 Å². The highest BCUT2D eigenvalue weighted by molar-refractivity contribution is 6.45. The zero-order valence-corrected chi connectivity index (χ0v) is 9.32. The average Bonchev–Trinajstić information content (AvgIpc) is 2.72. The first-order valence-corrected chi connectivity index (χ1v) is 5.11. The lowest BCUT2D eigenvalue weighted by molar-refractivity contribution is 0.0966. The number of amidine groups is 1. The Bertz CT molecular complexity index is 598.